The summed E-state index contributed by atoms with van der Waals surface area (Å²) in [6.07, 6.45) is 4.70. The van der Waals surface area contributed by atoms with Gasteiger partial charge in [0.2, 0.25) is 0 Å². The van der Waals surface area contributed by atoms with Crippen molar-refractivity contribution >= 4 is 17.4 Å². The molecule has 1 heterocycles. The number of hydrogen-bond acceptors (Lipinski definition) is 4. The van der Waals surface area contributed by atoms with Crippen LogP contribution in [-0.4, -0.2) is 22.6 Å². The quantitative estimate of drug-likeness (QED) is 0.750. The molecule has 0 aliphatic heterocycles. The molecule has 1 aromatic rings. The van der Waals surface area contributed by atoms with Crippen LogP contribution in [0.1, 0.15) is 44.0 Å². The smallest absolute Gasteiger partial charge is 0.137 e. The van der Waals surface area contributed by atoms with Crippen molar-refractivity contribution in [1.29, 1.82) is 5.26 Å². The standard InChI is InChI=1S/C14H19ClN4/c1-3-5-12-17-13(15)10(2)14(18-12)19(9-4-8-16)11-6-7-11/h11H,3-7,9H2,1-2H3. The van der Waals surface area contributed by atoms with Crippen molar-refractivity contribution in [1.82, 2.24) is 9.97 Å². The monoisotopic (exact) mass is 278 g/mol. The first kappa shape index (κ1) is 14.1. The summed E-state index contributed by atoms with van der Waals surface area (Å²) in [5.74, 6) is 1.72. The van der Waals surface area contributed by atoms with Gasteiger partial charge < -0.3 is 4.90 Å². The maximum Gasteiger partial charge on any atom is 0.137 e. The van der Waals surface area contributed by atoms with Gasteiger partial charge in [-0.05, 0) is 26.2 Å². The summed E-state index contributed by atoms with van der Waals surface area (Å²) in [4.78, 5) is 11.2. The van der Waals surface area contributed by atoms with Crippen LogP contribution >= 0.6 is 11.6 Å². The molecule has 1 aliphatic rings. The van der Waals surface area contributed by atoms with Gasteiger partial charge in [-0.15, -0.1) is 0 Å². The van der Waals surface area contributed by atoms with Crippen molar-refractivity contribution in [3.63, 3.8) is 0 Å². The lowest BCUT2D eigenvalue weighted by molar-refractivity contribution is 0.752. The van der Waals surface area contributed by atoms with Gasteiger partial charge in [0, 0.05) is 24.6 Å². The van der Waals surface area contributed by atoms with Crippen molar-refractivity contribution in [3.8, 4) is 6.07 Å². The number of nitriles is 1. The third kappa shape index (κ3) is 3.36. The number of hydrogen-bond donors (Lipinski definition) is 0. The summed E-state index contributed by atoms with van der Waals surface area (Å²) >= 11 is 6.22. The van der Waals surface area contributed by atoms with Crippen LogP contribution in [0.15, 0.2) is 0 Å². The highest BCUT2D eigenvalue weighted by Gasteiger charge is 2.31. The van der Waals surface area contributed by atoms with Gasteiger partial charge in [0.25, 0.3) is 0 Å². The fourth-order valence-corrected chi connectivity index (χ4v) is 2.34. The van der Waals surface area contributed by atoms with Crippen molar-refractivity contribution in [2.24, 2.45) is 0 Å². The van der Waals surface area contributed by atoms with Crippen LogP contribution in [0.2, 0.25) is 5.15 Å². The molecule has 0 N–H and O–H groups in total. The Morgan fingerprint density at radius 2 is 2.16 bits per heavy atom. The zero-order valence-corrected chi connectivity index (χ0v) is 12.2. The Morgan fingerprint density at radius 3 is 2.74 bits per heavy atom. The van der Waals surface area contributed by atoms with Crippen LogP contribution in [-0.2, 0) is 6.42 Å². The summed E-state index contributed by atoms with van der Waals surface area (Å²) in [7, 11) is 0. The van der Waals surface area contributed by atoms with Crippen molar-refractivity contribution < 1.29 is 0 Å². The lowest BCUT2D eigenvalue weighted by atomic mass is 10.2. The highest BCUT2D eigenvalue weighted by molar-refractivity contribution is 6.30. The highest BCUT2D eigenvalue weighted by Crippen LogP contribution is 2.34. The SMILES string of the molecule is CCCc1nc(Cl)c(C)c(N(CCC#N)C2CC2)n1. The van der Waals surface area contributed by atoms with Crippen molar-refractivity contribution in [3.05, 3.63) is 16.5 Å². The van der Waals surface area contributed by atoms with E-state index in [0.29, 0.717) is 17.6 Å². The van der Waals surface area contributed by atoms with E-state index in [1.165, 1.54) is 12.8 Å². The van der Waals surface area contributed by atoms with E-state index in [2.05, 4.69) is 27.9 Å². The van der Waals surface area contributed by atoms with E-state index in [4.69, 9.17) is 16.9 Å². The first-order valence-corrected chi connectivity index (χ1v) is 7.21. The minimum atomic E-state index is 0.515. The summed E-state index contributed by atoms with van der Waals surface area (Å²) < 4.78 is 0. The molecule has 0 saturated heterocycles. The molecule has 1 aromatic heterocycles. The van der Waals surface area contributed by atoms with Crippen molar-refractivity contribution in [2.45, 2.75) is 52.0 Å². The second kappa shape index (κ2) is 6.21. The van der Waals surface area contributed by atoms with Crippen LogP contribution < -0.4 is 4.90 Å². The molecule has 5 heteroatoms. The largest absolute Gasteiger partial charge is 0.352 e. The Morgan fingerprint density at radius 1 is 1.42 bits per heavy atom. The van der Waals surface area contributed by atoms with Crippen LogP contribution in [0.5, 0.6) is 0 Å². The topological polar surface area (TPSA) is 52.8 Å². The van der Waals surface area contributed by atoms with Gasteiger partial charge in [-0.2, -0.15) is 5.26 Å². The molecule has 1 aliphatic carbocycles. The van der Waals surface area contributed by atoms with Gasteiger partial charge in [-0.3, -0.25) is 0 Å². The van der Waals surface area contributed by atoms with Crippen LogP contribution in [0, 0.1) is 18.3 Å². The number of halogens is 1. The Hall–Kier alpha value is -1.34. The number of aryl methyl sites for hydroxylation is 1. The zero-order chi connectivity index (χ0) is 13.8. The van der Waals surface area contributed by atoms with Gasteiger partial charge in [0.15, 0.2) is 0 Å². The zero-order valence-electron chi connectivity index (χ0n) is 11.5. The van der Waals surface area contributed by atoms with Crippen LogP contribution in [0.3, 0.4) is 0 Å². The van der Waals surface area contributed by atoms with E-state index in [1.807, 2.05) is 6.92 Å². The van der Waals surface area contributed by atoms with E-state index < -0.39 is 0 Å². The molecule has 0 bridgehead atoms. The average molecular weight is 279 g/mol. The summed E-state index contributed by atoms with van der Waals surface area (Å²) in [5, 5.41) is 9.33. The molecule has 0 unspecified atom stereocenters. The molecular formula is C14H19ClN4. The Kier molecular flexibility index (Phi) is 4.60. The first-order valence-electron chi connectivity index (χ1n) is 6.84. The number of aromatic nitrogens is 2. The lowest BCUT2D eigenvalue weighted by Gasteiger charge is -2.24. The summed E-state index contributed by atoms with van der Waals surface area (Å²) in [6, 6.07) is 2.73. The van der Waals surface area contributed by atoms with Gasteiger partial charge in [-0.1, -0.05) is 18.5 Å². The number of rotatable bonds is 6. The molecule has 1 saturated carbocycles. The molecule has 19 heavy (non-hydrogen) atoms. The number of anilines is 1. The molecule has 102 valence electrons. The molecule has 1 fully saturated rings. The maximum absolute atomic E-state index is 8.79. The third-order valence-electron chi connectivity index (χ3n) is 3.30. The average Bonchev–Trinajstić information content (AvgIpc) is 3.20. The van der Waals surface area contributed by atoms with E-state index >= 15 is 0 Å². The van der Waals surface area contributed by atoms with Gasteiger partial charge in [-0.25, -0.2) is 9.97 Å². The van der Waals surface area contributed by atoms with E-state index in [1.54, 1.807) is 0 Å². The van der Waals surface area contributed by atoms with Crippen molar-refractivity contribution in [2.75, 3.05) is 11.4 Å². The van der Waals surface area contributed by atoms with Gasteiger partial charge >= 0.3 is 0 Å². The van der Waals surface area contributed by atoms with E-state index in [9.17, 15) is 0 Å². The minimum absolute atomic E-state index is 0.515. The molecule has 4 nitrogen and oxygen atoms in total. The number of nitrogens with zero attached hydrogens (tertiary/aromatic N) is 4. The maximum atomic E-state index is 8.79. The Bertz CT molecular complexity index is 491. The third-order valence-corrected chi connectivity index (χ3v) is 3.67. The van der Waals surface area contributed by atoms with Gasteiger partial charge in [0.1, 0.15) is 16.8 Å². The Balaban J connectivity index is 2.31. The molecule has 0 atom stereocenters. The summed E-state index contributed by atoms with van der Waals surface area (Å²) in [6.45, 7) is 4.78. The first-order chi connectivity index (χ1) is 9.17. The Labute approximate surface area is 119 Å². The second-order valence-electron chi connectivity index (χ2n) is 4.96. The predicted octanol–water partition coefficient (Wildman–Crippen LogP) is 3.27. The normalized spacial score (nSPS) is 14.2. The fourth-order valence-electron chi connectivity index (χ4n) is 2.15. The second-order valence-corrected chi connectivity index (χ2v) is 5.32. The molecule has 0 aromatic carbocycles. The summed E-state index contributed by atoms with van der Waals surface area (Å²) in [5.41, 5.74) is 0.923. The molecule has 0 amide bonds. The molecule has 2 rings (SSSR count). The minimum Gasteiger partial charge on any atom is -0.352 e. The van der Waals surface area contributed by atoms with E-state index in [-0.39, 0.29) is 0 Å². The molecule has 0 spiro atoms. The van der Waals surface area contributed by atoms with Crippen LogP contribution in [0.25, 0.3) is 0 Å². The molecular weight excluding hydrogens is 260 g/mol. The van der Waals surface area contributed by atoms with Crippen LogP contribution in [0.4, 0.5) is 5.82 Å². The van der Waals surface area contributed by atoms with E-state index in [0.717, 1.165) is 36.6 Å². The predicted molar refractivity (Wildman–Crippen MR) is 76.4 cm³/mol. The fraction of sp³-hybridized carbons (Fsp3) is 0.643. The lowest BCUT2D eigenvalue weighted by Crippen LogP contribution is -2.29. The molecule has 0 radical (unpaired) electrons. The van der Waals surface area contributed by atoms with Gasteiger partial charge in [0.05, 0.1) is 12.5 Å². The highest BCUT2D eigenvalue weighted by atomic mass is 35.5.